The first-order valence-electron chi connectivity index (χ1n) is 35.7. The summed E-state index contributed by atoms with van der Waals surface area (Å²) in [5.74, 6) is -0.896. The van der Waals surface area contributed by atoms with Crippen LogP contribution in [0.5, 0.6) is 0 Å². The highest BCUT2D eigenvalue weighted by Gasteiger charge is 2.19. The average molecular weight is 1160 g/mol. The third-order valence-electron chi connectivity index (χ3n) is 15.6. The molecule has 0 aromatic carbocycles. The molecule has 0 rings (SSSR count). The van der Waals surface area contributed by atoms with E-state index < -0.39 is 6.10 Å². The van der Waals surface area contributed by atoms with Crippen LogP contribution in [0.1, 0.15) is 355 Å². The summed E-state index contributed by atoms with van der Waals surface area (Å²) in [6.07, 6.45) is 95.7. The van der Waals surface area contributed by atoms with E-state index in [4.69, 9.17) is 14.2 Å². The average Bonchev–Trinajstić information content (AvgIpc) is 3.49. The molecule has 0 aromatic heterocycles. The molecule has 0 spiro atoms. The Hall–Kier alpha value is -3.67. The van der Waals surface area contributed by atoms with Gasteiger partial charge in [-0.25, -0.2) is 0 Å². The largest absolute Gasteiger partial charge is 0.462 e. The molecular formula is C77H134O6. The van der Waals surface area contributed by atoms with Gasteiger partial charge in [-0.1, -0.05) is 330 Å². The van der Waals surface area contributed by atoms with Gasteiger partial charge in [-0.2, -0.15) is 0 Å². The van der Waals surface area contributed by atoms with Gasteiger partial charge < -0.3 is 14.2 Å². The molecule has 0 bridgehead atoms. The molecule has 6 nitrogen and oxygen atoms in total. The van der Waals surface area contributed by atoms with Crippen LogP contribution in [-0.4, -0.2) is 37.2 Å². The van der Waals surface area contributed by atoms with E-state index in [0.717, 1.165) is 116 Å². The van der Waals surface area contributed by atoms with Gasteiger partial charge in [0.05, 0.1) is 0 Å². The van der Waals surface area contributed by atoms with Crippen LogP contribution in [0.3, 0.4) is 0 Å². The van der Waals surface area contributed by atoms with Gasteiger partial charge >= 0.3 is 17.9 Å². The van der Waals surface area contributed by atoms with Crippen molar-refractivity contribution < 1.29 is 28.6 Å². The maximum atomic E-state index is 13.0. The number of hydrogen-bond donors (Lipinski definition) is 0. The van der Waals surface area contributed by atoms with Crippen molar-refractivity contribution in [2.75, 3.05) is 13.2 Å². The first-order chi connectivity index (χ1) is 41.0. The van der Waals surface area contributed by atoms with Gasteiger partial charge in [-0.3, -0.25) is 14.4 Å². The van der Waals surface area contributed by atoms with Crippen LogP contribution >= 0.6 is 0 Å². The number of unbranched alkanes of at least 4 members (excludes halogenated alkanes) is 38. The SMILES string of the molecule is CC/C=C\C/C=C\C/C=C\C/C=C\C/C=C\C/C=C\CCCCCCC(=O)OCC(COC(=O)CCCCCCCCCCCCCCCCCCCCCCC)OC(=O)CCCCCCCCCCC/C=C\C/C=C\CCCCCCC. The Labute approximate surface area is 515 Å². The lowest BCUT2D eigenvalue weighted by molar-refractivity contribution is -0.167. The maximum absolute atomic E-state index is 13.0. The second kappa shape index (κ2) is 70.8. The van der Waals surface area contributed by atoms with Crippen molar-refractivity contribution in [1.82, 2.24) is 0 Å². The maximum Gasteiger partial charge on any atom is 0.306 e. The number of carbonyl (C=O) groups excluding carboxylic acids is 3. The fraction of sp³-hybridized carbons (Fsp3) is 0.753. The number of hydrogen-bond acceptors (Lipinski definition) is 6. The molecule has 0 aromatic rings. The molecule has 0 saturated heterocycles. The summed E-state index contributed by atoms with van der Waals surface area (Å²) in [7, 11) is 0. The Bertz CT molecular complexity index is 1610. The summed E-state index contributed by atoms with van der Waals surface area (Å²) in [5.41, 5.74) is 0. The van der Waals surface area contributed by atoms with Crippen molar-refractivity contribution in [3.8, 4) is 0 Å². The normalized spacial score (nSPS) is 12.7. The summed E-state index contributed by atoms with van der Waals surface area (Å²) in [4.78, 5) is 38.5. The quantitative estimate of drug-likeness (QED) is 0.0261. The highest BCUT2D eigenvalue weighted by molar-refractivity contribution is 5.71. The van der Waals surface area contributed by atoms with Crippen LogP contribution in [0.4, 0.5) is 0 Å². The van der Waals surface area contributed by atoms with Crippen LogP contribution in [0.25, 0.3) is 0 Å². The van der Waals surface area contributed by atoms with E-state index in [-0.39, 0.29) is 31.1 Å². The highest BCUT2D eigenvalue weighted by atomic mass is 16.6. The Morgan fingerprint density at radius 2 is 0.470 bits per heavy atom. The van der Waals surface area contributed by atoms with Gasteiger partial charge in [0.2, 0.25) is 0 Å². The van der Waals surface area contributed by atoms with Gasteiger partial charge in [0.15, 0.2) is 6.10 Å². The number of carbonyl (C=O) groups is 3. The topological polar surface area (TPSA) is 78.9 Å². The van der Waals surface area contributed by atoms with Crippen LogP contribution in [0, 0.1) is 0 Å². The number of allylic oxidation sites excluding steroid dienone is 16. The van der Waals surface area contributed by atoms with Crippen LogP contribution in [0.2, 0.25) is 0 Å². The van der Waals surface area contributed by atoms with Crippen LogP contribution in [-0.2, 0) is 28.6 Å². The Balaban J connectivity index is 4.42. The molecule has 1 atom stereocenters. The minimum Gasteiger partial charge on any atom is -0.462 e. The summed E-state index contributed by atoms with van der Waals surface area (Å²) in [6, 6.07) is 0. The fourth-order valence-electron chi connectivity index (χ4n) is 10.2. The van der Waals surface area contributed by atoms with Crippen LogP contribution in [0.15, 0.2) is 97.2 Å². The molecule has 1 unspecified atom stereocenters. The lowest BCUT2D eigenvalue weighted by Gasteiger charge is -2.18. The van der Waals surface area contributed by atoms with E-state index >= 15 is 0 Å². The van der Waals surface area contributed by atoms with Crippen molar-refractivity contribution in [1.29, 1.82) is 0 Å². The lowest BCUT2D eigenvalue weighted by atomic mass is 10.0. The lowest BCUT2D eigenvalue weighted by Crippen LogP contribution is -2.30. The number of ether oxygens (including phenoxy) is 3. The molecule has 0 amide bonds. The summed E-state index contributed by atoms with van der Waals surface area (Å²) in [6.45, 7) is 6.55. The van der Waals surface area contributed by atoms with Crippen molar-refractivity contribution >= 4 is 17.9 Å². The molecule has 0 aliphatic rings. The molecule has 0 aliphatic carbocycles. The second-order valence-electron chi connectivity index (χ2n) is 23.8. The van der Waals surface area contributed by atoms with Gasteiger partial charge in [-0.05, 0) is 103 Å². The van der Waals surface area contributed by atoms with Crippen molar-refractivity contribution in [2.45, 2.75) is 361 Å². The minimum atomic E-state index is -0.793. The standard InChI is InChI=1S/C77H134O6/c1-4-7-10-13-16-19-22-25-28-31-34-37-38-41-43-46-49-52-55-58-61-64-67-70-76(79)82-73-74(83-77(80)71-68-65-62-59-56-53-50-47-44-40-36-33-30-27-24-21-18-15-12-9-6-3)72-81-75(78)69-66-63-60-57-54-51-48-45-42-39-35-32-29-26-23-20-17-14-11-8-5-2/h7,10,16,19,24-25,27-28,33-34,36-37,41,43,49,52,74H,4-6,8-9,11-15,17-18,20-23,26,29-32,35,38-40,42,44-48,50-51,53-73H2,1-3H3/b10-7-,19-16-,27-24-,28-25-,36-33-,37-34-,43-41-,52-49-. The molecule has 83 heavy (non-hydrogen) atoms. The fourth-order valence-corrected chi connectivity index (χ4v) is 10.2. The molecule has 0 N–H and O–H groups in total. The third-order valence-corrected chi connectivity index (χ3v) is 15.6. The van der Waals surface area contributed by atoms with Crippen molar-refractivity contribution in [3.05, 3.63) is 97.2 Å². The highest BCUT2D eigenvalue weighted by Crippen LogP contribution is 2.18. The third kappa shape index (κ3) is 69.0. The molecular weight excluding hydrogens is 1020 g/mol. The first kappa shape index (κ1) is 79.3. The zero-order valence-corrected chi connectivity index (χ0v) is 54.9. The number of esters is 3. The summed E-state index contributed by atoms with van der Waals surface area (Å²) >= 11 is 0. The van der Waals surface area contributed by atoms with E-state index in [1.165, 1.54) is 199 Å². The van der Waals surface area contributed by atoms with E-state index in [0.29, 0.717) is 19.3 Å². The van der Waals surface area contributed by atoms with Gasteiger partial charge in [-0.15, -0.1) is 0 Å². The summed E-state index contributed by atoms with van der Waals surface area (Å²) < 4.78 is 17.0. The molecule has 0 heterocycles. The van der Waals surface area contributed by atoms with E-state index in [2.05, 4.69) is 118 Å². The van der Waals surface area contributed by atoms with Gasteiger partial charge in [0.1, 0.15) is 13.2 Å². The predicted molar refractivity (Wildman–Crippen MR) is 362 cm³/mol. The molecule has 478 valence electrons. The molecule has 0 radical (unpaired) electrons. The molecule has 0 saturated carbocycles. The van der Waals surface area contributed by atoms with Crippen molar-refractivity contribution in [2.24, 2.45) is 0 Å². The Morgan fingerprint density at radius 3 is 0.735 bits per heavy atom. The van der Waals surface area contributed by atoms with E-state index in [1.807, 2.05) is 0 Å². The zero-order valence-electron chi connectivity index (χ0n) is 54.9. The molecule has 0 fully saturated rings. The van der Waals surface area contributed by atoms with Crippen LogP contribution < -0.4 is 0 Å². The number of rotatable bonds is 65. The van der Waals surface area contributed by atoms with E-state index in [1.54, 1.807) is 0 Å². The monoisotopic (exact) mass is 1160 g/mol. The minimum absolute atomic E-state index is 0.0847. The smallest absolute Gasteiger partial charge is 0.306 e. The Kier molecular flexibility index (Phi) is 67.7. The zero-order chi connectivity index (χ0) is 59.9. The first-order valence-corrected chi connectivity index (χ1v) is 35.7. The summed E-state index contributed by atoms with van der Waals surface area (Å²) in [5, 5.41) is 0. The van der Waals surface area contributed by atoms with Gasteiger partial charge in [0.25, 0.3) is 0 Å². The van der Waals surface area contributed by atoms with Crippen molar-refractivity contribution in [3.63, 3.8) is 0 Å². The van der Waals surface area contributed by atoms with E-state index in [9.17, 15) is 14.4 Å². The molecule has 6 heteroatoms. The predicted octanol–water partition coefficient (Wildman–Crippen LogP) is 24.8. The molecule has 0 aliphatic heterocycles. The second-order valence-corrected chi connectivity index (χ2v) is 23.8. The Morgan fingerprint density at radius 1 is 0.253 bits per heavy atom. The van der Waals surface area contributed by atoms with Gasteiger partial charge in [0, 0.05) is 19.3 Å².